The highest BCUT2D eigenvalue weighted by Crippen LogP contribution is 2.11. The van der Waals surface area contributed by atoms with Gasteiger partial charge in [-0.15, -0.1) is 0 Å². The Kier molecular flexibility index (Phi) is 2.63. The molecule has 0 aliphatic carbocycles. The van der Waals surface area contributed by atoms with Crippen molar-refractivity contribution in [2.75, 3.05) is 13.1 Å². The highest BCUT2D eigenvalue weighted by molar-refractivity contribution is 5.81. The Balaban J connectivity index is 1.81. The lowest BCUT2D eigenvalue weighted by Gasteiger charge is -2.26. The summed E-state index contributed by atoms with van der Waals surface area (Å²) in [7, 11) is 1.86. The highest BCUT2D eigenvalue weighted by atomic mass is 16.1. The van der Waals surface area contributed by atoms with Crippen molar-refractivity contribution in [1.29, 1.82) is 0 Å². The monoisotopic (exact) mass is 193 g/mol. The Bertz CT molecular complexity index is 328. The van der Waals surface area contributed by atoms with Gasteiger partial charge in [-0.05, 0) is 24.6 Å². The molecule has 1 aromatic rings. The van der Waals surface area contributed by atoms with Gasteiger partial charge in [0.25, 0.3) is 0 Å². The molecule has 2 rings (SSSR count). The Hall–Kier alpha value is -1.16. The van der Waals surface area contributed by atoms with Gasteiger partial charge in [0.05, 0.1) is 6.20 Å². The van der Waals surface area contributed by atoms with Crippen LogP contribution in [0.3, 0.4) is 0 Å². The third-order valence-corrected chi connectivity index (χ3v) is 2.54. The Morgan fingerprint density at radius 3 is 3.00 bits per heavy atom. The molecule has 2 heterocycles. The van der Waals surface area contributed by atoms with E-state index in [9.17, 15) is 4.79 Å². The molecule has 0 radical (unpaired) electrons. The van der Waals surface area contributed by atoms with Gasteiger partial charge < -0.3 is 5.32 Å². The van der Waals surface area contributed by atoms with Crippen LogP contribution in [0.4, 0.5) is 0 Å². The van der Waals surface area contributed by atoms with E-state index in [1.807, 2.05) is 13.2 Å². The molecule has 1 aliphatic heterocycles. The summed E-state index contributed by atoms with van der Waals surface area (Å²) in [6.07, 6.45) is 4.90. The van der Waals surface area contributed by atoms with Gasteiger partial charge in [0.15, 0.2) is 0 Å². The fourth-order valence-corrected chi connectivity index (χ4v) is 1.68. The lowest BCUT2D eigenvalue weighted by Crippen LogP contribution is -2.43. The van der Waals surface area contributed by atoms with E-state index in [-0.39, 0.29) is 0 Å². The number of aryl methyl sites for hydroxylation is 1. The molecular formula is C10H15N3O. The van der Waals surface area contributed by atoms with Gasteiger partial charge >= 0.3 is 0 Å². The quantitative estimate of drug-likeness (QED) is 0.740. The number of hydrogen-bond donors (Lipinski definition) is 1. The van der Waals surface area contributed by atoms with E-state index in [0.29, 0.717) is 24.5 Å². The summed E-state index contributed by atoms with van der Waals surface area (Å²) in [5.41, 5.74) is 1.02. The summed E-state index contributed by atoms with van der Waals surface area (Å²) in [4.78, 5) is 11.6. The van der Waals surface area contributed by atoms with Crippen LogP contribution in [-0.4, -0.2) is 28.7 Å². The number of aromatic nitrogens is 2. The lowest BCUT2D eigenvalue weighted by molar-refractivity contribution is -0.119. The Morgan fingerprint density at radius 1 is 1.71 bits per heavy atom. The van der Waals surface area contributed by atoms with Gasteiger partial charge in [-0.3, -0.25) is 9.48 Å². The van der Waals surface area contributed by atoms with Gasteiger partial charge in [-0.1, -0.05) is 0 Å². The maximum atomic E-state index is 11.6. The number of hydrogen-bond acceptors (Lipinski definition) is 3. The van der Waals surface area contributed by atoms with Crippen LogP contribution in [0, 0.1) is 5.92 Å². The fourth-order valence-electron chi connectivity index (χ4n) is 1.68. The predicted octanol–water partition coefficient (Wildman–Crippen LogP) is 0.141. The number of rotatable bonds is 4. The SMILES string of the molecule is Cn1cc(CC(=O)CC2CNC2)cn1. The molecule has 0 saturated carbocycles. The second-order valence-corrected chi connectivity index (χ2v) is 3.97. The summed E-state index contributed by atoms with van der Waals surface area (Å²) in [6, 6.07) is 0. The first-order valence-electron chi connectivity index (χ1n) is 4.94. The van der Waals surface area contributed by atoms with Crippen LogP contribution in [0.25, 0.3) is 0 Å². The Labute approximate surface area is 83.3 Å². The molecule has 0 amide bonds. The minimum atomic E-state index is 0.324. The molecule has 0 atom stereocenters. The molecule has 14 heavy (non-hydrogen) atoms. The molecule has 0 aromatic carbocycles. The number of nitrogens with zero attached hydrogens (tertiary/aromatic N) is 2. The van der Waals surface area contributed by atoms with Crippen LogP contribution in [0.1, 0.15) is 12.0 Å². The van der Waals surface area contributed by atoms with Crippen molar-refractivity contribution in [3.8, 4) is 0 Å². The molecular weight excluding hydrogens is 178 g/mol. The normalized spacial score (nSPS) is 16.6. The molecule has 1 saturated heterocycles. The van der Waals surface area contributed by atoms with Gasteiger partial charge in [0.2, 0.25) is 0 Å². The highest BCUT2D eigenvalue weighted by Gasteiger charge is 2.20. The first-order chi connectivity index (χ1) is 6.74. The molecule has 4 nitrogen and oxygen atoms in total. The third-order valence-electron chi connectivity index (χ3n) is 2.54. The van der Waals surface area contributed by atoms with Crippen LogP contribution in [0.5, 0.6) is 0 Å². The fraction of sp³-hybridized carbons (Fsp3) is 0.600. The molecule has 1 N–H and O–H groups in total. The number of carbonyl (C=O) groups excluding carboxylic acids is 1. The summed E-state index contributed by atoms with van der Waals surface area (Å²) >= 11 is 0. The van der Waals surface area contributed by atoms with Crippen LogP contribution in [0.2, 0.25) is 0 Å². The van der Waals surface area contributed by atoms with Gasteiger partial charge in [0.1, 0.15) is 5.78 Å². The topological polar surface area (TPSA) is 46.9 Å². The number of carbonyl (C=O) groups is 1. The van der Waals surface area contributed by atoms with E-state index in [2.05, 4.69) is 10.4 Å². The third kappa shape index (κ3) is 2.20. The van der Waals surface area contributed by atoms with E-state index in [1.54, 1.807) is 10.9 Å². The average molecular weight is 193 g/mol. The van der Waals surface area contributed by atoms with Crippen molar-refractivity contribution in [2.24, 2.45) is 13.0 Å². The zero-order valence-corrected chi connectivity index (χ0v) is 8.36. The second-order valence-electron chi connectivity index (χ2n) is 3.97. The summed E-state index contributed by atoms with van der Waals surface area (Å²) in [5.74, 6) is 0.892. The maximum Gasteiger partial charge on any atom is 0.137 e. The molecule has 1 aliphatic rings. The van der Waals surface area contributed by atoms with Crippen LogP contribution in [-0.2, 0) is 18.3 Å². The van der Waals surface area contributed by atoms with Crippen LogP contribution in [0.15, 0.2) is 12.4 Å². The van der Waals surface area contributed by atoms with E-state index in [0.717, 1.165) is 18.7 Å². The summed E-state index contributed by atoms with van der Waals surface area (Å²) < 4.78 is 1.73. The zero-order chi connectivity index (χ0) is 9.97. The standard InChI is InChI=1S/C10H15N3O/c1-13-7-9(6-12-13)3-10(14)2-8-4-11-5-8/h6-8,11H,2-5H2,1H3. The van der Waals surface area contributed by atoms with Crippen molar-refractivity contribution in [3.05, 3.63) is 18.0 Å². The van der Waals surface area contributed by atoms with Crippen molar-refractivity contribution >= 4 is 5.78 Å². The van der Waals surface area contributed by atoms with Crippen molar-refractivity contribution < 1.29 is 4.79 Å². The molecule has 0 bridgehead atoms. The smallest absolute Gasteiger partial charge is 0.137 e. The lowest BCUT2D eigenvalue weighted by atomic mass is 9.95. The van der Waals surface area contributed by atoms with E-state index in [4.69, 9.17) is 0 Å². The molecule has 4 heteroatoms. The van der Waals surface area contributed by atoms with Gasteiger partial charge in [0, 0.05) is 26.1 Å². The number of nitrogens with one attached hydrogen (secondary N) is 1. The van der Waals surface area contributed by atoms with Crippen molar-refractivity contribution in [2.45, 2.75) is 12.8 Å². The van der Waals surface area contributed by atoms with Gasteiger partial charge in [-0.2, -0.15) is 5.10 Å². The van der Waals surface area contributed by atoms with Crippen LogP contribution < -0.4 is 5.32 Å². The van der Waals surface area contributed by atoms with Crippen LogP contribution >= 0.6 is 0 Å². The summed E-state index contributed by atoms with van der Waals surface area (Å²) in [6.45, 7) is 2.00. The molecule has 1 fully saturated rings. The van der Waals surface area contributed by atoms with Gasteiger partial charge in [-0.25, -0.2) is 0 Å². The van der Waals surface area contributed by atoms with E-state index < -0.39 is 0 Å². The average Bonchev–Trinajstić information content (AvgIpc) is 2.44. The predicted molar refractivity (Wildman–Crippen MR) is 52.9 cm³/mol. The zero-order valence-electron chi connectivity index (χ0n) is 8.36. The first-order valence-corrected chi connectivity index (χ1v) is 4.94. The van der Waals surface area contributed by atoms with Crippen molar-refractivity contribution in [3.63, 3.8) is 0 Å². The molecule has 0 unspecified atom stereocenters. The number of ketones is 1. The van der Waals surface area contributed by atoms with Crippen molar-refractivity contribution in [1.82, 2.24) is 15.1 Å². The molecule has 0 spiro atoms. The second kappa shape index (κ2) is 3.92. The molecule has 76 valence electrons. The first kappa shape index (κ1) is 9.40. The molecule has 1 aromatic heterocycles. The minimum Gasteiger partial charge on any atom is -0.316 e. The Morgan fingerprint density at radius 2 is 2.50 bits per heavy atom. The maximum absolute atomic E-state index is 11.6. The summed E-state index contributed by atoms with van der Waals surface area (Å²) in [5, 5.41) is 7.20. The van der Waals surface area contributed by atoms with E-state index in [1.165, 1.54) is 0 Å². The van der Waals surface area contributed by atoms with E-state index >= 15 is 0 Å². The largest absolute Gasteiger partial charge is 0.316 e. The number of Topliss-reactive ketones (excluding diaryl/α,β-unsaturated/α-hetero) is 1. The minimum absolute atomic E-state index is 0.324.